The zero-order valence-corrected chi connectivity index (χ0v) is 58.6. The van der Waals surface area contributed by atoms with Crippen LogP contribution in [0.3, 0.4) is 0 Å². The normalized spacial score (nSPS) is 27.6. The fraction of sp³-hybridized carbons (Fsp3) is 0.829. The molecule has 95 heavy (non-hydrogen) atoms. The van der Waals surface area contributed by atoms with Gasteiger partial charge in [-0.1, -0.05) is 254 Å². The van der Waals surface area contributed by atoms with E-state index in [2.05, 4.69) is 79.9 Å². The molecule has 1 amide bonds. The second-order valence-electron chi connectivity index (χ2n) is 26.7. The number of rotatable bonds is 58. The molecule has 0 aliphatic carbocycles. The van der Waals surface area contributed by atoms with E-state index in [4.69, 9.17) is 28.4 Å². The van der Waals surface area contributed by atoms with Crippen molar-refractivity contribution < 1.29 is 89.4 Å². The quantitative estimate of drug-likeness (QED) is 0.0199. The zero-order chi connectivity index (χ0) is 68.9. The summed E-state index contributed by atoms with van der Waals surface area (Å²) in [6, 6.07) is -0.998. The Bertz CT molecular complexity index is 2000. The highest BCUT2D eigenvalue weighted by molar-refractivity contribution is 5.76. The van der Waals surface area contributed by atoms with E-state index in [1.54, 1.807) is 6.08 Å². The van der Waals surface area contributed by atoms with Crippen molar-refractivity contribution in [1.82, 2.24) is 5.32 Å². The predicted molar refractivity (Wildman–Crippen MR) is 374 cm³/mol. The van der Waals surface area contributed by atoms with Gasteiger partial charge < -0.3 is 89.9 Å². The Morgan fingerprint density at radius 1 is 0.379 bits per heavy atom. The summed E-state index contributed by atoms with van der Waals surface area (Å²) in [5.41, 5.74) is 0. The number of carbonyl (C=O) groups excluding carboxylic acids is 1. The van der Waals surface area contributed by atoms with Crippen LogP contribution < -0.4 is 5.32 Å². The van der Waals surface area contributed by atoms with Crippen molar-refractivity contribution in [3.63, 3.8) is 0 Å². The molecule has 12 N–H and O–H groups in total. The van der Waals surface area contributed by atoms with Crippen molar-refractivity contribution in [3.05, 3.63) is 72.9 Å². The second-order valence-corrected chi connectivity index (χ2v) is 26.7. The molecule has 552 valence electrons. The average molecular weight is 1350 g/mol. The van der Waals surface area contributed by atoms with Crippen LogP contribution in [-0.4, -0.2) is 193 Å². The molecule has 3 fully saturated rings. The van der Waals surface area contributed by atoms with Gasteiger partial charge in [-0.05, 0) is 83.5 Å². The second kappa shape index (κ2) is 56.9. The minimum absolute atomic E-state index is 0.232. The van der Waals surface area contributed by atoms with Gasteiger partial charge in [-0.15, -0.1) is 0 Å². The molecule has 3 rings (SSSR count). The van der Waals surface area contributed by atoms with E-state index in [-0.39, 0.29) is 18.9 Å². The molecular weight excluding hydrogens is 1210 g/mol. The van der Waals surface area contributed by atoms with Gasteiger partial charge in [0.15, 0.2) is 18.9 Å². The number of allylic oxidation sites excluding steroid dienone is 11. The average Bonchev–Trinajstić information content (AvgIpc) is 0.799. The molecule has 0 bridgehead atoms. The van der Waals surface area contributed by atoms with Crippen molar-refractivity contribution in [3.8, 4) is 0 Å². The molecule has 19 nitrogen and oxygen atoms in total. The molecular formula is C76H135NO18. The summed E-state index contributed by atoms with van der Waals surface area (Å²) >= 11 is 0. The lowest BCUT2D eigenvalue weighted by molar-refractivity contribution is -0.379. The van der Waals surface area contributed by atoms with Gasteiger partial charge in [0, 0.05) is 6.42 Å². The monoisotopic (exact) mass is 1350 g/mol. The summed E-state index contributed by atoms with van der Waals surface area (Å²) in [7, 11) is 0. The predicted octanol–water partition coefficient (Wildman–Crippen LogP) is 11.3. The fourth-order valence-corrected chi connectivity index (χ4v) is 12.3. The summed E-state index contributed by atoms with van der Waals surface area (Å²) in [5, 5.41) is 121. The van der Waals surface area contributed by atoms with Crippen LogP contribution in [0, 0.1) is 0 Å². The highest BCUT2D eigenvalue weighted by Gasteiger charge is 2.53. The van der Waals surface area contributed by atoms with Gasteiger partial charge in [-0.25, -0.2) is 0 Å². The van der Waals surface area contributed by atoms with Gasteiger partial charge in [0.05, 0.1) is 38.6 Å². The minimum Gasteiger partial charge on any atom is -0.394 e. The Labute approximate surface area is 572 Å². The van der Waals surface area contributed by atoms with Crippen molar-refractivity contribution in [2.24, 2.45) is 0 Å². The number of carbonyl (C=O) groups is 1. The van der Waals surface area contributed by atoms with Gasteiger partial charge in [0.2, 0.25) is 5.91 Å². The number of aliphatic hydroxyl groups is 11. The highest BCUT2D eigenvalue weighted by Crippen LogP contribution is 2.33. The largest absolute Gasteiger partial charge is 0.394 e. The molecule has 3 aliphatic rings. The summed E-state index contributed by atoms with van der Waals surface area (Å²) in [6.07, 6.45) is 46.2. The smallest absolute Gasteiger partial charge is 0.220 e. The first-order chi connectivity index (χ1) is 46.3. The fourth-order valence-electron chi connectivity index (χ4n) is 12.3. The molecule has 0 aromatic carbocycles. The molecule has 17 unspecified atom stereocenters. The number of amides is 1. The molecule has 3 aliphatic heterocycles. The Morgan fingerprint density at radius 3 is 1.13 bits per heavy atom. The third-order valence-electron chi connectivity index (χ3n) is 18.5. The lowest BCUT2D eigenvalue weighted by atomic mass is 9.96. The molecule has 0 saturated carbocycles. The van der Waals surface area contributed by atoms with Crippen molar-refractivity contribution in [1.29, 1.82) is 0 Å². The first kappa shape index (κ1) is 86.5. The maximum Gasteiger partial charge on any atom is 0.220 e. The Balaban J connectivity index is 1.34. The molecule has 19 heteroatoms. The van der Waals surface area contributed by atoms with E-state index in [0.717, 1.165) is 57.8 Å². The third kappa shape index (κ3) is 38.0. The van der Waals surface area contributed by atoms with Crippen LogP contribution in [0.1, 0.15) is 271 Å². The van der Waals surface area contributed by atoms with E-state index < -0.39 is 124 Å². The van der Waals surface area contributed by atoms with E-state index in [9.17, 15) is 61.0 Å². The van der Waals surface area contributed by atoms with E-state index >= 15 is 0 Å². The number of aliphatic hydroxyl groups excluding tert-OH is 11. The van der Waals surface area contributed by atoms with E-state index in [0.29, 0.717) is 12.8 Å². The standard InChI is InChI=1S/C76H135NO18/c1-3-5-7-9-11-13-15-17-19-20-21-22-23-24-25-26-27-28-29-30-31-32-33-34-35-36-37-38-40-42-44-46-48-50-52-54-64(82)77-59(60(81)53-51-49-47-45-43-41-39-18-16-14-12-10-8-6-4-2)58-90-74-70(88)67(85)72(62(56-79)92-74)95-76-71(89)68(86)73(63(57-80)93-76)94-75-69(87)66(84)65(83)61(55-78)91-75/h15-18,20-21,23-24,43,45,51,53,59-63,65-76,78-81,83-89H,3-14,19,22,25-42,44,46-50,52,54-58H2,1-2H3,(H,77,82)/b17-15-,18-16+,21-20-,24-23-,45-43+,53-51+. The maximum atomic E-state index is 13.4. The van der Waals surface area contributed by atoms with Crippen LogP contribution in [0.25, 0.3) is 0 Å². The lowest BCUT2D eigenvalue weighted by Gasteiger charge is -2.48. The first-order valence-corrected chi connectivity index (χ1v) is 37.7. The Hall–Kier alpha value is -2.77. The van der Waals surface area contributed by atoms with Crippen LogP contribution in [0.4, 0.5) is 0 Å². The summed E-state index contributed by atoms with van der Waals surface area (Å²) < 4.78 is 34.3. The van der Waals surface area contributed by atoms with Gasteiger partial charge in [0.25, 0.3) is 0 Å². The number of hydrogen-bond acceptors (Lipinski definition) is 18. The number of unbranched alkanes of at least 4 members (excludes halogenated alkanes) is 32. The van der Waals surface area contributed by atoms with Crippen LogP contribution in [0.2, 0.25) is 0 Å². The van der Waals surface area contributed by atoms with Crippen molar-refractivity contribution in [2.45, 2.75) is 375 Å². The van der Waals surface area contributed by atoms with Crippen LogP contribution >= 0.6 is 0 Å². The molecule has 0 spiro atoms. The minimum atomic E-state index is -1.98. The van der Waals surface area contributed by atoms with Gasteiger partial charge in [0.1, 0.15) is 73.2 Å². The molecule has 0 radical (unpaired) electrons. The number of hydrogen-bond donors (Lipinski definition) is 12. The van der Waals surface area contributed by atoms with Crippen LogP contribution in [0.5, 0.6) is 0 Å². The topological polar surface area (TPSA) is 307 Å². The summed E-state index contributed by atoms with van der Waals surface area (Å²) in [5.74, 6) is -0.289. The van der Waals surface area contributed by atoms with Crippen molar-refractivity contribution in [2.75, 3.05) is 26.4 Å². The van der Waals surface area contributed by atoms with Gasteiger partial charge >= 0.3 is 0 Å². The first-order valence-electron chi connectivity index (χ1n) is 37.7. The molecule has 17 atom stereocenters. The third-order valence-corrected chi connectivity index (χ3v) is 18.5. The van der Waals surface area contributed by atoms with E-state index in [1.165, 1.54) is 180 Å². The van der Waals surface area contributed by atoms with Crippen LogP contribution in [0.15, 0.2) is 72.9 Å². The van der Waals surface area contributed by atoms with Crippen molar-refractivity contribution >= 4 is 5.91 Å². The van der Waals surface area contributed by atoms with E-state index in [1.807, 2.05) is 6.08 Å². The highest BCUT2D eigenvalue weighted by atomic mass is 16.8. The van der Waals surface area contributed by atoms with Crippen LogP contribution in [-0.2, 0) is 33.2 Å². The number of ether oxygens (including phenoxy) is 6. The summed E-state index contributed by atoms with van der Waals surface area (Å²) in [6.45, 7) is 1.68. The SMILES string of the molecule is CCCCCCC/C=C\C/C=C\C/C=C\CCCCCCCCCCCCCCCCCCCCCCC(=O)NC(COC1OC(CO)C(OC2OC(CO)C(OC3OC(CO)C(O)C(O)C3O)C(O)C2O)C(O)C1O)C(O)/C=C/CC/C=C/CC/C=C/CCCCCCC. The Morgan fingerprint density at radius 2 is 0.705 bits per heavy atom. The number of nitrogens with one attached hydrogen (secondary N) is 1. The van der Waals surface area contributed by atoms with Gasteiger partial charge in [-0.2, -0.15) is 0 Å². The summed E-state index contributed by atoms with van der Waals surface area (Å²) in [4.78, 5) is 13.4. The Kier molecular flexibility index (Phi) is 51.8. The molecule has 0 aromatic heterocycles. The molecule has 3 heterocycles. The molecule has 3 saturated heterocycles. The molecule has 0 aromatic rings. The zero-order valence-electron chi connectivity index (χ0n) is 58.6. The maximum absolute atomic E-state index is 13.4. The van der Waals surface area contributed by atoms with Gasteiger partial charge in [-0.3, -0.25) is 4.79 Å². The lowest BCUT2D eigenvalue weighted by Crippen LogP contribution is -2.66.